The topological polar surface area (TPSA) is 52.6 Å². The van der Waals surface area contributed by atoms with E-state index in [0.29, 0.717) is 13.0 Å². The van der Waals surface area contributed by atoms with Crippen LogP contribution in [0.2, 0.25) is 0 Å². The van der Waals surface area contributed by atoms with E-state index in [0.717, 1.165) is 0 Å². The van der Waals surface area contributed by atoms with Gasteiger partial charge in [0, 0.05) is 6.61 Å². The van der Waals surface area contributed by atoms with Crippen LogP contribution in [0.1, 0.15) is 54.9 Å². The van der Waals surface area contributed by atoms with E-state index in [1.165, 1.54) is 0 Å². The fourth-order valence-electron chi connectivity index (χ4n) is 1.62. The fourth-order valence-corrected chi connectivity index (χ4v) is 1.62. The van der Waals surface area contributed by atoms with Crippen molar-refractivity contribution in [2.45, 2.75) is 66.1 Å². The average molecular weight is 258 g/mol. The van der Waals surface area contributed by atoms with Crippen LogP contribution < -0.4 is 0 Å². The lowest BCUT2D eigenvalue weighted by molar-refractivity contribution is -0.167. The highest BCUT2D eigenvalue weighted by Crippen LogP contribution is 2.23. The molecule has 0 aliphatic carbocycles. The van der Waals surface area contributed by atoms with Crippen molar-refractivity contribution in [3.05, 3.63) is 0 Å². The first-order chi connectivity index (χ1) is 8.07. The molecule has 0 rings (SSSR count). The molecule has 0 amide bonds. The van der Waals surface area contributed by atoms with Crippen LogP contribution in [0.5, 0.6) is 0 Å². The van der Waals surface area contributed by atoms with Gasteiger partial charge in [0.15, 0.2) is 5.78 Å². The quantitative estimate of drug-likeness (QED) is 0.543. The number of carbonyl (C=O) groups is 2. The van der Waals surface area contributed by atoms with Crippen LogP contribution in [0.4, 0.5) is 0 Å². The molecule has 4 nitrogen and oxygen atoms in total. The van der Waals surface area contributed by atoms with Crippen molar-refractivity contribution in [3.8, 4) is 0 Å². The largest absolute Gasteiger partial charge is 0.459 e. The molecule has 0 aromatic carbocycles. The summed E-state index contributed by atoms with van der Waals surface area (Å²) in [6.45, 7) is 12.8. The molecular formula is C14H26O4. The third kappa shape index (κ3) is 4.77. The van der Waals surface area contributed by atoms with Crippen LogP contribution in [-0.2, 0) is 19.1 Å². The van der Waals surface area contributed by atoms with Crippen molar-refractivity contribution in [1.82, 2.24) is 0 Å². The van der Waals surface area contributed by atoms with E-state index in [-0.39, 0.29) is 5.78 Å². The molecule has 0 aromatic heterocycles. The van der Waals surface area contributed by atoms with Crippen molar-refractivity contribution in [1.29, 1.82) is 0 Å². The summed E-state index contributed by atoms with van der Waals surface area (Å²) in [6, 6.07) is 0. The van der Waals surface area contributed by atoms with Crippen LogP contribution in [0.25, 0.3) is 0 Å². The number of hydrogen-bond acceptors (Lipinski definition) is 4. The van der Waals surface area contributed by atoms with Crippen LogP contribution in [0.3, 0.4) is 0 Å². The molecule has 0 fully saturated rings. The summed E-state index contributed by atoms with van der Waals surface area (Å²) in [4.78, 5) is 24.2. The van der Waals surface area contributed by atoms with Gasteiger partial charge in [-0.15, -0.1) is 0 Å². The summed E-state index contributed by atoms with van der Waals surface area (Å²) in [6.07, 6.45) is 0.535. The zero-order chi connectivity index (χ0) is 14.6. The second kappa shape index (κ2) is 6.32. The lowest BCUT2D eigenvalue weighted by Crippen LogP contribution is -2.45. The van der Waals surface area contributed by atoms with Gasteiger partial charge in [0.25, 0.3) is 0 Å². The molecule has 0 aliphatic rings. The Bertz CT molecular complexity index is 303. The Morgan fingerprint density at radius 2 is 1.61 bits per heavy atom. The first-order valence-corrected chi connectivity index (χ1v) is 6.48. The molecule has 0 N–H and O–H groups in total. The third-order valence-corrected chi connectivity index (χ3v) is 2.81. The number of carbonyl (C=O) groups excluding carboxylic acids is 2. The molecular weight excluding hydrogens is 232 g/mol. The Balaban J connectivity index is 4.82. The molecule has 0 bridgehead atoms. The van der Waals surface area contributed by atoms with E-state index in [2.05, 4.69) is 0 Å². The summed E-state index contributed by atoms with van der Waals surface area (Å²) in [7, 11) is 0. The third-order valence-electron chi connectivity index (χ3n) is 2.81. The summed E-state index contributed by atoms with van der Waals surface area (Å²) in [5, 5.41) is 0. The van der Waals surface area contributed by atoms with Gasteiger partial charge >= 0.3 is 5.97 Å². The SMILES string of the molecule is CCOC(C)(CC)C(=O)C(C)C(=O)OC(C)(C)C. The summed E-state index contributed by atoms with van der Waals surface area (Å²) in [5.41, 5.74) is -1.50. The van der Waals surface area contributed by atoms with E-state index in [4.69, 9.17) is 9.47 Å². The first kappa shape index (κ1) is 17.1. The number of rotatable bonds is 6. The van der Waals surface area contributed by atoms with Gasteiger partial charge in [0.2, 0.25) is 0 Å². The minimum atomic E-state index is -0.912. The normalized spacial score (nSPS) is 16.8. The minimum absolute atomic E-state index is 0.221. The number of esters is 1. The summed E-state index contributed by atoms with van der Waals surface area (Å²) in [5.74, 6) is -1.52. The molecule has 2 atom stereocenters. The van der Waals surface area contributed by atoms with Gasteiger partial charge in [0.1, 0.15) is 17.1 Å². The monoisotopic (exact) mass is 258 g/mol. The Morgan fingerprint density at radius 3 is 1.94 bits per heavy atom. The Labute approximate surface area is 110 Å². The summed E-state index contributed by atoms with van der Waals surface area (Å²) < 4.78 is 10.7. The molecule has 0 aliphatic heterocycles. The molecule has 0 saturated carbocycles. The smallest absolute Gasteiger partial charge is 0.316 e. The zero-order valence-electron chi connectivity index (χ0n) is 12.6. The predicted octanol–water partition coefficient (Wildman–Crippen LogP) is 2.74. The molecule has 18 heavy (non-hydrogen) atoms. The second-order valence-corrected chi connectivity index (χ2v) is 5.64. The average Bonchev–Trinajstić information content (AvgIpc) is 2.24. The van der Waals surface area contributed by atoms with Gasteiger partial charge in [-0.1, -0.05) is 6.92 Å². The number of hydrogen-bond donors (Lipinski definition) is 0. The van der Waals surface area contributed by atoms with Gasteiger partial charge in [-0.2, -0.15) is 0 Å². The minimum Gasteiger partial charge on any atom is -0.459 e. The number of Topliss-reactive ketones (excluding diaryl/α,β-unsaturated/α-hetero) is 1. The highest BCUT2D eigenvalue weighted by Gasteiger charge is 2.39. The van der Waals surface area contributed by atoms with E-state index < -0.39 is 23.1 Å². The predicted molar refractivity (Wildman–Crippen MR) is 70.3 cm³/mol. The lowest BCUT2D eigenvalue weighted by Gasteiger charge is -2.30. The molecule has 2 unspecified atom stereocenters. The molecule has 106 valence electrons. The van der Waals surface area contributed by atoms with E-state index >= 15 is 0 Å². The van der Waals surface area contributed by atoms with Gasteiger partial charge in [-0.05, 0) is 48.0 Å². The standard InChI is InChI=1S/C14H26O4/c1-8-14(7,17-9-2)11(15)10(3)12(16)18-13(4,5)6/h10H,8-9H2,1-7H3. The van der Waals surface area contributed by atoms with Crippen molar-refractivity contribution < 1.29 is 19.1 Å². The number of ketones is 1. The maximum atomic E-state index is 12.3. The molecule has 0 heterocycles. The van der Waals surface area contributed by atoms with Crippen LogP contribution in [-0.4, -0.2) is 29.6 Å². The fraction of sp³-hybridized carbons (Fsp3) is 0.857. The van der Waals surface area contributed by atoms with Crippen molar-refractivity contribution in [3.63, 3.8) is 0 Å². The molecule has 0 saturated heterocycles. The number of ether oxygens (including phenoxy) is 2. The van der Waals surface area contributed by atoms with Crippen molar-refractivity contribution in [2.24, 2.45) is 5.92 Å². The van der Waals surface area contributed by atoms with E-state index in [9.17, 15) is 9.59 Å². The van der Waals surface area contributed by atoms with Crippen LogP contribution in [0.15, 0.2) is 0 Å². The van der Waals surface area contributed by atoms with E-state index in [1.54, 1.807) is 34.6 Å². The van der Waals surface area contributed by atoms with E-state index in [1.807, 2.05) is 13.8 Å². The first-order valence-electron chi connectivity index (χ1n) is 6.48. The van der Waals surface area contributed by atoms with Gasteiger partial charge in [-0.25, -0.2) is 0 Å². The molecule has 0 radical (unpaired) electrons. The van der Waals surface area contributed by atoms with Crippen LogP contribution >= 0.6 is 0 Å². The second-order valence-electron chi connectivity index (χ2n) is 5.64. The Morgan fingerprint density at radius 1 is 1.11 bits per heavy atom. The van der Waals surface area contributed by atoms with Crippen LogP contribution in [0, 0.1) is 5.92 Å². The maximum Gasteiger partial charge on any atom is 0.316 e. The van der Waals surface area contributed by atoms with Gasteiger partial charge in [-0.3, -0.25) is 9.59 Å². The molecule has 0 aromatic rings. The molecule has 0 spiro atoms. The van der Waals surface area contributed by atoms with Gasteiger partial charge in [0.05, 0.1) is 0 Å². The van der Waals surface area contributed by atoms with Crippen molar-refractivity contribution >= 4 is 11.8 Å². The Kier molecular flexibility index (Phi) is 6.00. The highest BCUT2D eigenvalue weighted by molar-refractivity contribution is 6.02. The lowest BCUT2D eigenvalue weighted by atomic mass is 9.88. The highest BCUT2D eigenvalue weighted by atomic mass is 16.6. The van der Waals surface area contributed by atoms with Crippen molar-refractivity contribution in [2.75, 3.05) is 6.61 Å². The Hall–Kier alpha value is -0.900. The summed E-state index contributed by atoms with van der Waals surface area (Å²) >= 11 is 0. The zero-order valence-corrected chi connectivity index (χ0v) is 12.6. The molecule has 4 heteroatoms. The van der Waals surface area contributed by atoms with Gasteiger partial charge < -0.3 is 9.47 Å². The maximum absolute atomic E-state index is 12.3.